The summed E-state index contributed by atoms with van der Waals surface area (Å²) in [5.74, 6) is -3.84. The molecule has 1 aromatic heterocycles. The lowest BCUT2D eigenvalue weighted by atomic mass is 10.1. The molecule has 2 N–H and O–H groups in total. The van der Waals surface area contributed by atoms with Crippen LogP contribution in [-0.4, -0.2) is 32.8 Å². The quantitative estimate of drug-likeness (QED) is 0.761. The van der Waals surface area contributed by atoms with Crippen LogP contribution in [0.5, 0.6) is 0 Å². The van der Waals surface area contributed by atoms with Crippen LogP contribution in [0.2, 0.25) is 0 Å². The Morgan fingerprint density at radius 3 is 2.85 bits per heavy atom. The Bertz CT molecular complexity index is 921. The Labute approximate surface area is 154 Å². The first-order chi connectivity index (χ1) is 12.9. The van der Waals surface area contributed by atoms with E-state index in [4.69, 9.17) is 0 Å². The molecule has 27 heavy (non-hydrogen) atoms. The number of allylic oxidation sites excluding steroid dienone is 1. The Balaban J connectivity index is 1.96. The third-order valence-corrected chi connectivity index (χ3v) is 4.52. The number of nitrogens with one attached hydrogen (secondary N) is 1. The minimum absolute atomic E-state index is 0.0536. The van der Waals surface area contributed by atoms with Crippen molar-refractivity contribution in [2.45, 2.75) is 38.6 Å². The second kappa shape index (κ2) is 7.69. The second-order valence-electron chi connectivity index (χ2n) is 6.28. The normalized spacial score (nSPS) is 14.3. The van der Waals surface area contributed by atoms with Crippen LogP contribution in [0.1, 0.15) is 41.5 Å². The van der Waals surface area contributed by atoms with Crippen LogP contribution in [0.15, 0.2) is 30.4 Å². The van der Waals surface area contributed by atoms with Crippen LogP contribution < -0.4 is 5.32 Å². The topological polar surface area (TPSA) is 84.2 Å². The number of carboxylic acids is 1. The molecule has 1 heterocycles. The van der Waals surface area contributed by atoms with E-state index in [-0.39, 0.29) is 17.8 Å². The number of fused-ring (bicyclic) bond motifs is 1. The number of benzene rings is 1. The van der Waals surface area contributed by atoms with Gasteiger partial charge >= 0.3 is 5.97 Å². The Morgan fingerprint density at radius 2 is 2.15 bits per heavy atom. The smallest absolute Gasteiger partial charge is 0.326 e. The molecule has 0 fully saturated rings. The van der Waals surface area contributed by atoms with E-state index in [1.807, 2.05) is 0 Å². The van der Waals surface area contributed by atoms with Crippen LogP contribution in [0.4, 0.5) is 8.78 Å². The number of aromatic nitrogens is 2. The summed E-state index contributed by atoms with van der Waals surface area (Å²) in [5, 5.41) is 15.9. The monoisotopic (exact) mass is 375 g/mol. The van der Waals surface area contributed by atoms with Crippen LogP contribution >= 0.6 is 0 Å². The van der Waals surface area contributed by atoms with Crippen molar-refractivity contribution in [3.8, 4) is 5.69 Å². The van der Waals surface area contributed by atoms with Crippen LogP contribution in [-0.2, 0) is 17.6 Å². The van der Waals surface area contributed by atoms with Gasteiger partial charge in [0.1, 0.15) is 11.7 Å². The highest BCUT2D eigenvalue weighted by atomic mass is 19.2. The minimum atomic E-state index is -1.16. The Hall–Kier alpha value is -3.03. The van der Waals surface area contributed by atoms with Crippen molar-refractivity contribution in [1.82, 2.24) is 15.1 Å². The molecule has 1 aliphatic rings. The van der Waals surface area contributed by atoms with Crippen molar-refractivity contribution in [3.63, 3.8) is 0 Å². The van der Waals surface area contributed by atoms with Crippen LogP contribution in [0.3, 0.4) is 0 Å². The van der Waals surface area contributed by atoms with Crippen molar-refractivity contribution in [3.05, 3.63) is 58.9 Å². The molecule has 1 aliphatic carbocycles. The maximum Gasteiger partial charge on any atom is 0.326 e. The van der Waals surface area contributed by atoms with Crippen molar-refractivity contribution < 1.29 is 23.5 Å². The number of hydrogen-bond acceptors (Lipinski definition) is 3. The van der Waals surface area contributed by atoms with Gasteiger partial charge in [-0.25, -0.2) is 18.3 Å². The summed E-state index contributed by atoms with van der Waals surface area (Å²) in [7, 11) is 0. The van der Waals surface area contributed by atoms with Crippen molar-refractivity contribution in [2.24, 2.45) is 0 Å². The zero-order chi connectivity index (χ0) is 19.6. The highest BCUT2D eigenvalue weighted by Crippen LogP contribution is 2.29. The van der Waals surface area contributed by atoms with E-state index in [0.717, 1.165) is 12.5 Å². The minimum Gasteiger partial charge on any atom is -0.480 e. The molecule has 1 unspecified atom stereocenters. The number of nitrogens with zero attached hydrogens (tertiary/aromatic N) is 2. The number of carbonyl (C=O) groups is 2. The fourth-order valence-corrected chi connectivity index (χ4v) is 3.20. The fourth-order valence-electron chi connectivity index (χ4n) is 3.20. The SMILES string of the molecule is C/C=C/CC(NC(=O)c1nn(-c2cccc(F)c2F)c2c1CCC2)C(=O)O. The van der Waals surface area contributed by atoms with E-state index < -0.39 is 29.6 Å². The summed E-state index contributed by atoms with van der Waals surface area (Å²) in [4.78, 5) is 24.0. The third kappa shape index (κ3) is 3.60. The molecular weight excluding hydrogens is 356 g/mol. The zero-order valence-corrected chi connectivity index (χ0v) is 14.7. The van der Waals surface area contributed by atoms with Gasteiger partial charge in [0.15, 0.2) is 17.3 Å². The Kier molecular flexibility index (Phi) is 5.34. The number of amides is 1. The fraction of sp³-hybridized carbons (Fsp3) is 0.316. The number of carbonyl (C=O) groups excluding carboxylic acids is 1. The number of halogens is 2. The molecule has 3 rings (SSSR count). The molecule has 0 bridgehead atoms. The van der Waals surface area contributed by atoms with Gasteiger partial charge in [-0.05, 0) is 44.7 Å². The summed E-state index contributed by atoms with van der Waals surface area (Å²) < 4.78 is 29.0. The third-order valence-electron chi connectivity index (χ3n) is 4.52. The molecule has 0 aliphatic heterocycles. The summed E-state index contributed by atoms with van der Waals surface area (Å²) in [6, 6.07) is 2.67. The average molecular weight is 375 g/mol. The zero-order valence-electron chi connectivity index (χ0n) is 14.7. The maximum absolute atomic E-state index is 14.2. The molecule has 1 amide bonds. The maximum atomic E-state index is 14.2. The molecule has 6 nitrogen and oxygen atoms in total. The van der Waals surface area contributed by atoms with E-state index in [1.54, 1.807) is 19.1 Å². The van der Waals surface area contributed by atoms with Gasteiger partial charge in [-0.3, -0.25) is 4.79 Å². The number of rotatable bonds is 6. The van der Waals surface area contributed by atoms with E-state index in [9.17, 15) is 23.5 Å². The van der Waals surface area contributed by atoms with Gasteiger partial charge < -0.3 is 10.4 Å². The van der Waals surface area contributed by atoms with Gasteiger partial charge in [0.05, 0.1) is 0 Å². The van der Waals surface area contributed by atoms with Crippen LogP contribution in [0, 0.1) is 11.6 Å². The average Bonchev–Trinajstić information content (AvgIpc) is 3.23. The first kappa shape index (κ1) is 18.8. The number of hydrogen-bond donors (Lipinski definition) is 2. The molecule has 8 heteroatoms. The standard InChI is InChI=1S/C19H19F2N3O3/c1-2-3-8-13(19(26)27)22-18(25)17-11-6-4-9-14(11)24(23-17)15-10-5-7-12(20)16(15)21/h2-3,5,7,10,13H,4,6,8-9H2,1H3,(H,22,25)(H,26,27)/b3-2+. The molecule has 2 aromatic rings. The molecule has 0 spiro atoms. The highest BCUT2D eigenvalue weighted by molar-refractivity contribution is 5.96. The first-order valence-corrected chi connectivity index (χ1v) is 8.64. The highest BCUT2D eigenvalue weighted by Gasteiger charge is 2.30. The van der Waals surface area contributed by atoms with Crippen molar-refractivity contribution in [1.29, 1.82) is 0 Å². The van der Waals surface area contributed by atoms with Gasteiger partial charge in [0.2, 0.25) is 0 Å². The molecule has 1 aromatic carbocycles. The lowest BCUT2D eigenvalue weighted by Gasteiger charge is -2.12. The van der Waals surface area contributed by atoms with Gasteiger partial charge in [-0.15, -0.1) is 0 Å². The molecular formula is C19H19F2N3O3. The number of carboxylic acid groups (broad SMARTS) is 1. The Morgan fingerprint density at radius 1 is 1.37 bits per heavy atom. The van der Waals surface area contributed by atoms with E-state index in [2.05, 4.69) is 10.4 Å². The lowest BCUT2D eigenvalue weighted by molar-refractivity contribution is -0.139. The summed E-state index contributed by atoms with van der Waals surface area (Å²) in [6.45, 7) is 1.75. The van der Waals surface area contributed by atoms with E-state index >= 15 is 0 Å². The largest absolute Gasteiger partial charge is 0.480 e. The molecule has 142 valence electrons. The van der Waals surface area contributed by atoms with Crippen molar-refractivity contribution >= 4 is 11.9 Å². The lowest BCUT2D eigenvalue weighted by Crippen LogP contribution is -2.40. The van der Waals surface area contributed by atoms with Crippen molar-refractivity contribution in [2.75, 3.05) is 0 Å². The number of aliphatic carboxylic acids is 1. The van der Waals surface area contributed by atoms with E-state index in [0.29, 0.717) is 24.1 Å². The van der Waals surface area contributed by atoms with Gasteiger partial charge in [-0.1, -0.05) is 18.2 Å². The predicted octanol–water partition coefficient (Wildman–Crippen LogP) is 2.79. The first-order valence-electron chi connectivity index (χ1n) is 8.64. The molecule has 0 saturated carbocycles. The molecule has 1 atom stereocenters. The van der Waals surface area contributed by atoms with Gasteiger partial charge in [-0.2, -0.15) is 5.10 Å². The molecule has 0 radical (unpaired) electrons. The second-order valence-corrected chi connectivity index (χ2v) is 6.28. The summed E-state index contributed by atoms with van der Waals surface area (Å²) in [6.07, 6.45) is 5.38. The van der Waals surface area contributed by atoms with E-state index in [1.165, 1.54) is 16.8 Å². The molecule has 0 saturated heterocycles. The van der Waals surface area contributed by atoms with Gasteiger partial charge in [0.25, 0.3) is 5.91 Å². The summed E-state index contributed by atoms with van der Waals surface area (Å²) in [5.41, 5.74) is 1.27. The van der Waals surface area contributed by atoms with Gasteiger partial charge in [0, 0.05) is 11.3 Å². The summed E-state index contributed by atoms with van der Waals surface area (Å²) >= 11 is 0. The predicted molar refractivity (Wildman–Crippen MR) is 93.8 cm³/mol. The van der Waals surface area contributed by atoms with Crippen LogP contribution in [0.25, 0.3) is 5.69 Å².